The lowest BCUT2D eigenvalue weighted by molar-refractivity contribution is -0.119. The Hall–Kier alpha value is -3.51. The number of hydrogen-bond acceptors (Lipinski definition) is 4. The van der Waals surface area contributed by atoms with Crippen molar-refractivity contribution in [2.75, 3.05) is 0 Å². The average molecular weight is 430 g/mol. The first-order valence-electron chi connectivity index (χ1n) is 9.99. The Balaban J connectivity index is 1.86. The minimum Gasteiger partial charge on any atom is -0.313 e. The molecule has 156 valence electrons. The zero-order valence-corrected chi connectivity index (χ0v) is 18.4. The summed E-state index contributed by atoms with van der Waals surface area (Å²) in [6, 6.07) is 19.7. The fraction of sp³-hybridized carbons (Fsp3) is 0.160. The number of thiazole rings is 1. The smallest absolute Gasteiger partial charge is 0.266 e. The molecule has 0 amide bonds. The van der Waals surface area contributed by atoms with E-state index < -0.39 is 5.41 Å². The van der Waals surface area contributed by atoms with Crippen LogP contribution in [0, 0.1) is 5.41 Å². The Kier molecular flexibility index (Phi) is 5.57. The fourth-order valence-electron chi connectivity index (χ4n) is 3.03. The van der Waals surface area contributed by atoms with Crippen LogP contribution in [0.5, 0.6) is 0 Å². The number of ketones is 1. The van der Waals surface area contributed by atoms with Crippen molar-refractivity contribution in [1.82, 2.24) is 14.8 Å². The first-order chi connectivity index (χ1) is 14.8. The fourth-order valence-corrected chi connectivity index (χ4v) is 3.90. The van der Waals surface area contributed by atoms with Crippen molar-refractivity contribution in [1.29, 1.82) is 0 Å². The van der Waals surface area contributed by atoms with Gasteiger partial charge in [0.2, 0.25) is 0 Å². The predicted molar refractivity (Wildman–Crippen MR) is 126 cm³/mol. The molecular weight excluding hydrogens is 406 g/mol. The zero-order valence-electron chi connectivity index (χ0n) is 17.6. The highest BCUT2D eigenvalue weighted by molar-refractivity contribution is 7.07. The lowest BCUT2D eigenvalue weighted by Crippen LogP contribution is -2.22. The second-order valence-electron chi connectivity index (χ2n) is 8.27. The third kappa shape index (κ3) is 4.64. The van der Waals surface area contributed by atoms with E-state index in [-0.39, 0.29) is 11.3 Å². The number of carbonyl (C=O) groups excluding carboxylic acids is 1. The molecule has 0 atom stereocenters. The third-order valence-electron chi connectivity index (χ3n) is 4.78. The summed E-state index contributed by atoms with van der Waals surface area (Å²) in [5.41, 5.74) is 2.80. The molecule has 0 saturated heterocycles. The number of nitrogens with one attached hydrogen (secondary N) is 1. The standard InChI is InChI=1S/C25H23N3O2S/c1-25(2,3)21(29)15-22-26-24(30)20(31-22)14-18-16-28(19-12-8-5-9-13-19)27-23(18)17-10-6-4-7-11-17/h4-16H,1-3H3,(H,26,30)/b20-14-,22-15+. The van der Waals surface area contributed by atoms with Gasteiger partial charge >= 0.3 is 0 Å². The quantitative estimate of drug-likeness (QED) is 0.540. The molecule has 0 aliphatic heterocycles. The van der Waals surface area contributed by atoms with Crippen LogP contribution in [0.4, 0.5) is 0 Å². The van der Waals surface area contributed by atoms with Crippen LogP contribution >= 0.6 is 11.3 Å². The molecule has 2 aromatic heterocycles. The highest BCUT2D eigenvalue weighted by Crippen LogP contribution is 2.24. The third-order valence-corrected chi connectivity index (χ3v) is 5.74. The molecule has 4 aromatic rings. The molecule has 1 N–H and O–H groups in total. The molecule has 2 aromatic carbocycles. The number of Topliss-reactive ketones (excluding diaryl/α,β-unsaturated/α-hetero) is 1. The van der Waals surface area contributed by atoms with E-state index in [1.165, 1.54) is 17.4 Å². The van der Waals surface area contributed by atoms with Gasteiger partial charge in [-0.15, -0.1) is 11.3 Å². The van der Waals surface area contributed by atoms with Gasteiger partial charge in [0, 0.05) is 28.8 Å². The number of aromatic nitrogens is 3. The van der Waals surface area contributed by atoms with Gasteiger partial charge in [-0.05, 0) is 18.2 Å². The summed E-state index contributed by atoms with van der Waals surface area (Å²) in [6.45, 7) is 5.57. The first-order valence-corrected chi connectivity index (χ1v) is 10.8. The molecule has 2 heterocycles. The van der Waals surface area contributed by atoms with Gasteiger partial charge in [-0.3, -0.25) is 9.59 Å². The van der Waals surface area contributed by atoms with Crippen LogP contribution in [0.15, 0.2) is 71.7 Å². The normalized spacial score (nSPS) is 13.0. The lowest BCUT2D eigenvalue weighted by Gasteiger charge is -2.12. The molecule has 0 bridgehead atoms. The predicted octanol–water partition coefficient (Wildman–Crippen LogP) is 3.51. The van der Waals surface area contributed by atoms with Crippen LogP contribution in [0.1, 0.15) is 26.3 Å². The second-order valence-corrected chi connectivity index (χ2v) is 9.35. The Labute approximate surface area is 184 Å². The minimum atomic E-state index is -0.498. The summed E-state index contributed by atoms with van der Waals surface area (Å²) in [4.78, 5) is 27.7. The summed E-state index contributed by atoms with van der Waals surface area (Å²) in [7, 11) is 0. The van der Waals surface area contributed by atoms with Crippen molar-refractivity contribution >= 4 is 29.3 Å². The maximum absolute atomic E-state index is 12.6. The maximum atomic E-state index is 12.6. The van der Waals surface area contributed by atoms with E-state index in [2.05, 4.69) is 4.98 Å². The molecule has 0 saturated carbocycles. The van der Waals surface area contributed by atoms with Gasteiger partial charge in [0.25, 0.3) is 5.56 Å². The highest BCUT2D eigenvalue weighted by Gasteiger charge is 2.18. The van der Waals surface area contributed by atoms with Gasteiger partial charge in [-0.1, -0.05) is 69.3 Å². The summed E-state index contributed by atoms with van der Waals surface area (Å²) >= 11 is 1.27. The molecule has 0 fully saturated rings. The number of carbonyl (C=O) groups is 1. The molecule has 0 aliphatic rings. The molecule has 5 nitrogen and oxygen atoms in total. The highest BCUT2D eigenvalue weighted by atomic mass is 32.1. The van der Waals surface area contributed by atoms with E-state index >= 15 is 0 Å². The summed E-state index contributed by atoms with van der Waals surface area (Å²) < 4.78 is 2.89. The van der Waals surface area contributed by atoms with E-state index in [9.17, 15) is 9.59 Å². The van der Waals surface area contributed by atoms with Crippen molar-refractivity contribution < 1.29 is 4.79 Å². The van der Waals surface area contributed by atoms with Gasteiger partial charge in [0.05, 0.1) is 20.6 Å². The van der Waals surface area contributed by atoms with Gasteiger partial charge in [0.1, 0.15) is 0 Å². The van der Waals surface area contributed by atoms with Crippen molar-refractivity contribution in [2.24, 2.45) is 5.41 Å². The summed E-state index contributed by atoms with van der Waals surface area (Å²) in [6.07, 6.45) is 5.26. The minimum absolute atomic E-state index is 0.0292. The van der Waals surface area contributed by atoms with E-state index in [4.69, 9.17) is 5.10 Å². The van der Waals surface area contributed by atoms with Crippen LogP contribution in [-0.2, 0) is 4.79 Å². The number of aromatic amines is 1. The van der Waals surface area contributed by atoms with Gasteiger partial charge in [0.15, 0.2) is 5.78 Å². The maximum Gasteiger partial charge on any atom is 0.266 e. The van der Waals surface area contributed by atoms with Crippen molar-refractivity contribution in [3.05, 3.63) is 92.0 Å². The number of rotatable bonds is 4. The number of para-hydroxylation sites is 1. The van der Waals surface area contributed by atoms with Crippen LogP contribution in [0.3, 0.4) is 0 Å². The van der Waals surface area contributed by atoms with Gasteiger partial charge in [-0.25, -0.2) is 4.68 Å². The SMILES string of the molecule is CC(C)(C)C(=O)/C=c1\[nH]c(=O)/c(=C/c2cn(-c3ccccc3)nc2-c2ccccc2)s1. The van der Waals surface area contributed by atoms with Crippen molar-refractivity contribution in [3.8, 4) is 16.9 Å². The van der Waals surface area contributed by atoms with Crippen LogP contribution < -0.4 is 14.8 Å². The van der Waals surface area contributed by atoms with Gasteiger partial charge in [-0.2, -0.15) is 5.10 Å². The molecule has 6 heteroatoms. The number of hydrogen-bond donors (Lipinski definition) is 1. The molecule has 0 radical (unpaired) electrons. The largest absolute Gasteiger partial charge is 0.313 e. The molecule has 0 unspecified atom stereocenters. The molecule has 0 spiro atoms. The van der Waals surface area contributed by atoms with Crippen LogP contribution in [-0.4, -0.2) is 20.5 Å². The summed E-state index contributed by atoms with van der Waals surface area (Å²) in [5.74, 6) is -0.0292. The average Bonchev–Trinajstić information content (AvgIpc) is 3.32. The van der Waals surface area contributed by atoms with E-state index in [1.54, 1.807) is 0 Å². The van der Waals surface area contributed by atoms with Crippen molar-refractivity contribution in [2.45, 2.75) is 20.8 Å². The number of nitrogens with zero attached hydrogens (tertiary/aromatic N) is 2. The zero-order chi connectivity index (χ0) is 22.0. The van der Waals surface area contributed by atoms with E-state index in [0.717, 1.165) is 22.5 Å². The topological polar surface area (TPSA) is 67.8 Å². The number of H-pyrrole nitrogens is 1. The second kappa shape index (κ2) is 8.32. The Morgan fingerprint density at radius 1 is 1.03 bits per heavy atom. The van der Waals surface area contributed by atoms with Gasteiger partial charge < -0.3 is 4.98 Å². The van der Waals surface area contributed by atoms with E-state index in [0.29, 0.717) is 9.20 Å². The Morgan fingerprint density at radius 2 is 1.68 bits per heavy atom. The number of benzene rings is 2. The first kappa shape index (κ1) is 20.8. The van der Waals surface area contributed by atoms with E-state index in [1.807, 2.05) is 98.4 Å². The molecule has 0 aliphatic carbocycles. The van der Waals surface area contributed by atoms with Crippen LogP contribution in [0.2, 0.25) is 0 Å². The molecular formula is C25H23N3O2S. The summed E-state index contributed by atoms with van der Waals surface area (Å²) in [5, 5.41) is 4.78. The lowest BCUT2D eigenvalue weighted by atomic mass is 9.91. The Bertz CT molecular complexity index is 1390. The van der Waals surface area contributed by atoms with Crippen LogP contribution in [0.25, 0.3) is 29.1 Å². The molecule has 4 rings (SSSR count). The van der Waals surface area contributed by atoms with Crippen molar-refractivity contribution in [3.63, 3.8) is 0 Å². The Morgan fingerprint density at radius 3 is 2.32 bits per heavy atom. The monoisotopic (exact) mass is 429 g/mol. The molecule has 31 heavy (non-hydrogen) atoms.